The maximum absolute atomic E-state index is 9.90. The second-order valence-corrected chi connectivity index (χ2v) is 9.67. The standard InChI is InChI=1S/C32H41N7/c1-7-10-11-14-29-22-39(16-15-38(29)6)32-25(5)31(36-23-37-32)35-21-26-18-28(19-33)30(34-20-26)27(13-9-3)17-24(4)12-8-2/h9-14,17-18,20,23H,7-8,15-16,21-22H2,1-6H3,(H,35,36,37)/b11-10-,13-9-,24-12+,27-17+,29-14-. The molecule has 1 aliphatic rings. The normalized spacial score (nSPS) is 16.0. The molecule has 0 atom stereocenters. The molecule has 204 valence electrons. The van der Waals surface area contributed by atoms with Crippen molar-refractivity contribution >= 4 is 17.2 Å². The van der Waals surface area contributed by atoms with Gasteiger partial charge in [-0.3, -0.25) is 4.98 Å². The van der Waals surface area contributed by atoms with Gasteiger partial charge in [-0.05, 0) is 51.3 Å². The maximum Gasteiger partial charge on any atom is 0.137 e. The number of allylic oxidation sites excluding steroid dienone is 9. The van der Waals surface area contributed by atoms with E-state index >= 15 is 0 Å². The minimum Gasteiger partial charge on any atom is -0.375 e. The molecule has 1 N–H and O–H groups in total. The highest BCUT2D eigenvalue weighted by molar-refractivity contribution is 5.77. The van der Waals surface area contributed by atoms with Crippen LogP contribution >= 0.6 is 0 Å². The maximum atomic E-state index is 9.90. The van der Waals surface area contributed by atoms with Crippen LogP contribution in [0.4, 0.5) is 11.6 Å². The summed E-state index contributed by atoms with van der Waals surface area (Å²) in [6.45, 7) is 13.5. The third kappa shape index (κ3) is 7.90. The largest absolute Gasteiger partial charge is 0.375 e. The van der Waals surface area contributed by atoms with Crippen molar-refractivity contribution in [3.05, 3.63) is 94.8 Å². The van der Waals surface area contributed by atoms with Crippen molar-refractivity contribution in [2.45, 2.75) is 54.0 Å². The van der Waals surface area contributed by atoms with Crippen LogP contribution in [-0.4, -0.2) is 46.5 Å². The number of nitrogens with one attached hydrogen (secondary N) is 1. The number of aromatic nitrogens is 3. The Morgan fingerprint density at radius 2 is 2.00 bits per heavy atom. The molecular formula is C32H41N7. The first-order valence-corrected chi connectivity index (χ1v) is 13.7. The van der Waals surface area contributed by atoms with Crippen LogP contribution in [0, 0.1) is 18.3 Å². The lowest BCUT2D eigenvalue weighted by Gasteiger charge is -2.37. The predicted molar refractivity (Wildman–Crippen MR) is 162 cm³/mol. The highest BCUT2D eigenvalue weighted by Gasteiger charge is 2.21. The summed E-state index contributed by atoms with van der Waals surface area (Å²) < 4.78 is 0. The topological polar surface area (TPSA) is 81.0 Å². The Balaban J connectivity index is 1.80. The fourth-order valence-corrected chi connectivity index (χ4v) is 4.53. The van der Waals surface area contributed by atoms with Gasteiger partial charge in [0.25, 0.3) is 0 Å². The molecule has 1 fully saturated rings. The Morgan fingerprint density at radius 3 is 2.72 bits per heavy atom. The predicted octanol–water partition coefficient (Wildman–Crippen LogP) is 6.58. The fraction of sp³-hybridized carbons (Fsp3) is 0.375. The molecule has 39 heavy (non-hydrogen) atoms. The van der Waals surface area contributed by atoms with Gasteiger partial charge in [0.1, 0.15) is 24.0 Å². The average molecular weight is 524 g/mol. The molecule has 0 amide bonds. The monoisotopic (exact) mass is 523 g/mol. The van der Waals surface area contributed by atoms with Gasteiger partial charge in [0, 0.05) is 49.7 Å². The van der Waals surface area contributed by atoms with Crippen molar-refractivity contribution in [1.82, 2.24) is 19.9 Å². The van der Waals surface area contributed by atoms with Gasteiger partial charge >= 0.3 is 0 Å². The van der Waals surface area contributed by atoms with Gasteiger partial charge in [-0.1, -0.05) is 55.9 Å². The minimum atomic E-state index is 0.506. The first-order valence-electron chi connectivity index (χ1n) is 13.7. The Kier molecular flexibility index (Phi) is 11.1. The number of anilines is 2. The van der Waals surface area contributed by atoms with Gasteiger partial charge in [-0.2, -0.15) is 5.26 Å². The molecule has 2 aromatic rings. The number of rotatable bonds is 10. The minimum absolute atomic E-state index is 0.506. The van der Waals surface area contributed by atoms with Gasteiger partial charge in [0.05, 0.1) is 17.8 Å². The van der Waals surface area contributed by atoms with Crippen LogP contribution in [0.2, 0.25) is 0 Å². The van der Waals surface area contributed by atoms with Crippen molar-refractivity contribution in [3.63, 3.8) is 0 Å². The second kappa shape index (κ2) is 14.7. The Hall–Kier alpha value is -4.18. The van der Waals surface area contributed by atoms with Crippen LogP contribution in [0.15, 0.2) is 72.4 Å². The van der Waals surface area contributed by atoms with Crippen LogP contribution in [0.1, 0.15) is 62.9 Å². The zero-order chi connectivity index (χ0) is 28.2. The molecule has 0 radical (unpaired) electrons. The molecule has 0 spiro atoms. The van der Waals surface area contributed by atoms with Crippen LogP contribution < -0.4 is 10.2 Å². The van der Waals surface area contributed by atoms with Gasteiger partial charge in [-0.15, -0.1) is 0 Å². The van der Waals surface area contributed by atoms with E-state index in [4.69, 9.17) is 0 Å². The quantitative estimate of drug-likeness (QED) is 0.352. The van der Waals surface area contributed by atoms with Gasteiger partial charge in [0.2, 0.25) is 0 Å². The van der Waals surface area contributed by atoms with Gasteiger partial charge in [0.15, 0.2) is 0 Å². The zero-order valence-electron chi connectivity index (χ0n) is 24.2. The molecule has 0 aromatic carbocycles. The van der Waals surface area contributed by atoms with Gasteiger partial charge < -0.3 is 15.1 Å². The zero-order valence-corrected chi connectivity index (χ0v) is 24.2. The Labute approximate surface area is 234 Å². The summed E-state index contributed by atoms with van der Waals surface area (Å²) in [5.41, 5.74) is 6.51. The summed E-state index contributed by atoms with van der Waals surface area (Å²) in [6, 6.07) is 4.24. The number of nitriles is 1. The molecule has 1 saturated heterocycles. The van der Waals surface area contributed by atoms with Crippen molar-refractivity contribution in [2.75, 3.05) is 36.9 Å². The number of likely N-dealkylation sites (N-methyl/N-ethyl adjacent to an activating group) is 1. The van der Waals surface area contributed by atoms with E-state index in [1.54, 1.807) is 6.33 Å². The van der Waals surface area contributed by atoms with E-state index in [1.807, 2.05) is 31.3 Å². The van der Waals surface area contributed by atoms with Crippen LogP contribution in [0.5, 0.6) is 0 Å². The Morgan fingerprint density at radius 1 is 1.18 bits per heavy atom. The number of nitrogens with zero attached hydrogens (tertiary/aromatic N) is 6. The average Bonchev–Trinajstić information content (AvgIpc) is 2.93. The number of hydrogen-bond acceptors (Lipinski definition) is 7. The van der Waals surface area contributed by atoms with E-state index in [0.29, 0.717) is 17.8 Å². The van der Waals surface area contributed by atoms with E-state index in [0.717, 1.165) is 66.4 Å². The molecule has 3 heterocycles. The van der Waals surface area contributed by atoms with E-state index in [1.165, 1.54) is 5.70 Å². The third-order valence-corrected chi connectivity index (χ3v) is 6.62. The summed E-state index contributed by atoms with van der Waals surface area (Å²) in [6.07, 6.45) is 20.1. The molecular weight excluding hydrogens is 482 g/mol. The summed E-state index contributed by atoms with van der Waals surface area (Å²) in [4.78, 5) is 18.4. The van der Waals surface area contributed by atoms with Crippen molar-refractivity contribution in [3.8, 4) is 6.07 Å². The Bertz CT molecular complexity index is 1320. The smallest absolute Gasteiger partial charge is 0.137 e. The number of pyridine rings is 1. The molecule has 0 unspecified atom stereocenters. The van der Waals surface area contributed by atoms with Crippen molar-refractivity contribution < 1.29 is 0 Å². The molecule has 0 aliphatic carbocycles. The first kappa shape index (κ1) is 29.4. The van der Waals surface area contributed by atoms with Crippen LogP contribution in [-0.2, 0) is 6.54 Å². The first-order chi connectivity index (χ1) is 18.9. The molecule has 0 saturated carbocycles. The number of hydrogen-bond donors (Lipinski definition) is 1. The van der Waals surface area contributed by atoms with Crippen LogP contribution in [0.25, 0.3) is 5.57 Å². The molecule has 1 aliphatic heterocycles. The summed E-state index contributed by atoms with van der Waals surface area (Å²) in [5, 5.41) is 13.3. The summed E-state index contributed by atoms with van der Waals surface area (Å²) in [7, 11) is 2.14. The van der Waals surface area contributed by atoms with E-state index in [9.17, 15) is 5.26 Å². The highest BCUT2D eigenvalue weighted by atomic mass is 15.3. The molecule has 7 heteroatoms. The van der Waals surface area contributed by atoms with E-state index < -0.39 is 0 Å². The van der Waals surface area contributed by atoms with Crippen LogP contribution in [0.3, 0.4) is 0 Å². The van der Waals surface area contributed by atoms with E-state index in [-0.39, 0.29) is 0 Å². The highest BCUT2D eigenvalue weighted by Crippen LogP contribution is 2.26. The molecule has 7 nitrogen and oxygen atoms in total. The lowest BCUT2D eigenvalue weighted by atomic mass is 10.0. The second-order valence-electron chi connectivity index (χ2n) is 9.67. The lowest BCUT2D eigenvalue weighted by molar-refractivity contribution is 0.380. The van der Waals surface area contributed by atoms with E-state index in [2.05, 4.69) is 101 Å². The molecule has 0 bridgehead atoms. The summed E-state index contributed by atoms with van der Waals surface area (Å²) >= 11 is 0. The summed E-state index contributed by atoms with van der Waals surface area (Å²) in [5.74, 6) is 1.72. The molecule has 2 aromatic heterocycles. The number of piperazine rings is 1. The van der Waals surface area contributed by atoms with Crippen molar-refractivity contribution in [1.29, 1.82) is 5.26 Å². The fourth-order valence-electron chi connectivity index (χ4n) is 4.53. The SMILES string of the molecule is C\C=C/C(=C\C(C)=C\CC)c1ncc(CNc2ncnc(N3CCN(C)/C(=C\C=C/CC)C3)c2C)cc1C#N. The van der Waals surface area contributed by atoms with Crippen molar-refractivity contribution in [2.24, 2.45) is 0 Å². The lowest BCUT2D eigenvalue weighted by Crippen LogP contribution is -2.43. The molecule has 3 rings (SSSR count). The van der Waals surface area contributed by atoms with Gasteiger partial charge in [-0.25, -0.2) is 9.97 Å². The third-order valence-electron chi connectivity index (χ3n) is 6.62.